The van der Waals surface area contributed by atoms with Crippen molar-refractivity contribution in [1.82, 2.24) is 4.73 Å². The van der Waals surface area contributed by atoms with E-state index in [1.54, 1.807) is 0 Å². The largest absolute Gasteiger partial charge is 0.492 e. The molecule has 0 fully saturated rings. The van der Waals surface area contributed by atoms with Crippen molar-refractivity contribution in [3.05, 3.63) is 71.8 Å². The summed E-state index contributed by atoms with van der Waals surface area (Å²) in [6, 6.07) is 20.2. The van der Waals surface area contributed by atoms with Crippen LogP contribution in [0, 0.1) is 5.92 Å². The Morgan fingerprint density at radius 3 is 1.97 bits per heavy atom. The van der Waals surface area contributed by atoms with Crippen LogP contribution >= 0.6 is 0 Å². The average molecular weight is 442 g/mol. The molecule has 5 rings (SSSR count). The molecule has 0 atom stereocenters. The third-order valence-electron chi connectivity index (χ3n) is 6.29. The summed E-state index contributed by atoms with van der Waals surface area (Å²) in [6.45, 7) is 4.50. The molecule has 0 aliphatic rings. The molecule has 0 saturated carbocycles. The van der Waals surface area contributed by atoms with Crippen LogP contribution in [0.2, 0.25) is 0 Å². The number of aryl methyl sites for hydroxylation is 1. The Hall–Kier alpha value is -3.73. The van der Waals surface area contributed by atoms with Crippen molar-refractivity contribution in [2.45, 2.75) is 39.5 Å². The fourth-order valence-corrected chi connectivity index (χ4v) is 4.82. The highest BCUT2D eigenvalue weighted by molar-refractivity contribution is 6.24. The van der Waals surface area contributed by atoms with Crippen LogP contribution in [0.3, 0.4) is 0 Å². The van der Waals surface area contributed by atoms with E-state index in [9.17, 15) is 15.0 Å². The minimum atomic E-state index is -0.507. The Labute approximate surface area is 192 Å². The van der Waals surface area contributed by atoms with Gasteiger partial charge in [-0.25, -0.2) is 4.79 Å². The first-order chi connectivity index (χ1) is 15.9. The highest BCUT2D eigenvalue weighted by atomic mass is 16.7. The van der Waals surface area contributed by atoms with Gasteiger partial charge >= 0.3 is 5.97 Å². The quantitative estimate of drug-likeness (QED) is 0.305. The predicted octanol–water partition coefficient (Wildman–Crippen LogP) is 5.97. The van der Waals surface area contributed by atoms with Crippen molar-refractivity contribution < 1.29 is 19.8 Å². The monoisotopic (exact) mass is 441 g/mol. The van der Waals surface area contributed by atoms with Gasteiger partial charge in [0.1, 0.15) is 0 Å². The molecule has 1 heterocycles. The Kier molecular flexibility index (Phi) is 5.33. The number of benzene rings is 4. The van der Waals surface area contributed by atoms with E-state index in [4.69, 9.17) is 4.84 Å². The first kappa shape index (κ1) is 21.1. The van der Waals surface area contributed by atoms with Crippen molar-refractivity contribution in [3.63, 3.8) is 0 Å². The summed E-state index contributed by atoms with van der Waals surface area (Å²) in [4.78, 5) is 17.3. The number of hydrogen-bond acceptors (Lipinski definition) is 4. The third-order valence-corrected chi connectivity index (χ3v) is 6.29. The SMILES string of the molecule is CC(C)Cc1ccc2ccc3c(CCCC(=O)On4c(O)ccc4O)ccc4ccc1c2c43. The van der Waals surface area contributed by atoms with Gasteiger partial charge in [-0.15, -0.1) is 4.73 Å². The van der Waals surface area contributed by atoms with Gasteiger partial charge in [0, 0.05) is 18.6 Å². The Bertz CT molecular complexity index is 1440. The maximum Gasteiger partial charge on any atom is 0.333 e. The second-order valence-corrected chi connectivity index (χ2v) is 9.13. The third kappa shape index (κ3) is 3.84. The predicted molar refractivity (Wildman–Crippen MR) is 131 cm³/mol. The molecule has 33 heavy (non-hydrogen) atoms. The van der Waals surface area contributed by atoms with Crippen molar-refractivity contribution >= 4 is 38.3 Å². The van der Waals surface area contributed by atoms with Crippen LogP contribution in [-0.4, -0.2) is 20.9 Å². The van der Waals surface area contributed by atoms with Crippen molar-refractivity contribution in [3.8, 4) is 11.8 Å². The maximum atomic E-state index is 12.2. The molecular weight excluding hydrogens is 414 g/mol. The molecule has 0 radical (unpaired) electrons. The molecule has 0 unspecified atom stereocenters. The minimum absolute atomic E-state index is 0.178. The molecule has 5 aromatic rings. The van der Waals surface area contributed by atoms with E-state index in [1.165, 1.54) is 55.6 Å². The molecular formula is C28H27NO4. The van der Waals surface area contributed by atoms with E-state index < -0.39 is 5.97 Å². The van der Waals surface area contributed by atoms with E-state index in [0.29, 0.717) is 12.3 Å². The van der Waals surface area contributed by atoms with E-state index >= 15 is 0 Å². The van der Waals surface area contributed by atoms with Gasteiger partial charge in [0.05, 0.1) is 0 Å². The van der Waals surface area contributed by atoms with E-state index in [0.717, 1.165) is 17.6 Å². The summed E-state index contributed by atoms with van der Waals surface area (Å²) >= 11 is 0. The standard InChI is InChI=1S/C28H27NO4/c1-17(2)16-21-9-8-20-10-12-22-18(6-7-19-11-13-23(21)28(20)27(19)22)4-3-5-26(32)33-29-24(30)14-15-25(29)31/h6-15,17,30-31H,3-5,16H2,1-2H3. The normalized spacial score (nSPS) is 11.8. The number of hydrogen-bond donors (Lipinski definition) is 2. The van der Waals surface area contributed by atoms with Crippen LogP contribution in [-0.2, 0) is 17.6 Å². The molecule has 0 amide bonds. The van der Waals surface area contributed by atoms with Gasteiger partial charge in [0.25, 0.3) is 0 Å². The maximum absolute atomic E-state index is 12.2. The molecule has 0 bridgehead atoms. The molecule has 5 nitrogen and oxygen atoms in total. The first-order valence-electron chi connectivity index (χ1n) is 11.4. The van der Waals surface area contributed by atoms with E-state index in [-0.39, 0.29) is 18.2 Å². The lowest BCUT2D eigenvalue weighted by Gasteiger charge is -2.17. The lowest BCUT2D eigenvalue weighted by Crippen LogP contribution is -2.18. The van der Waals surface area contributed by atoms with Crippen LogP contribution < -0.4 is 4.84 Å². The number of aromatic hydroxyl groups is 2. The van der Waals surface area contributed by atoms with Crippen LogP contribution in [0.15, 0.2) is 60.7 Å². The van der Waals surface area contributed by atoms with E-state index in [2.05, 4.69) is 62.4 Å². The Balaban J connectivity index is 1.43. The fraction of sp³-hybridized carbons (Fsp3) is 0.250. The molecule has 1 aromatic heterocycles. The van der Waals surface area contributed by atoms with E-state index in [1.807, 2.05) is 0 Å². The minimum Gasteiger partial charge on any atom is -0.492 e. The van der Waals surface area contributed by atoms with Crippen LogP contribution in [0.5, 0.6) is 11.8 Å². The van der Waals surface area contributed by atoms with Crippen molar-refractivity contribution in [2.24, 2.45) is 5.92 Å². The molecule has 4 aromatic carbocycles. The molecule has 0 spiro atoms. The van der Waals surface area contributed by atoms with Gasteiger partial charge in [-0.1, -0.05) is 62.4 Å². The van der Waals surface area contributed by atoms with Gasteiger partial charge in [-0.05, 0) is 68.6 Å². The zero-order valence-electron chi connectivity index (χ0n) is 18.8. The zero-order chi connectivity index (χ0) is 23.1. The summed E-state index contributed by atoms with van der Waals surface area (Å²) < 4.78 is 0.729. The first-order valence-corrected chi connectivity index (χ1v) is 11.4. The summed E-state index contributed by atoms with van der Waals surface area (Å²) in [5, 5.41) is 26.9. The number of rotatable bonds is 7. The van der Waals surface area contributed by atoms with Gasteiger partial charge in [0.15, 0.2) is 0 Å². The highest BCUT2D eigenvalue weighted by Gasteiger charge is 2.15. The topological polar surface area (TPSA) is 71.7 Å². The Morgan fingerprint density at radius 1 is 0.818 bits per heavy atom. The zero-order valence-corrected chi connectivity index (χ0v) is 18.8. The second-order valence-electron chi connectivity index (χ2n) is 9.13. The summed E-state index contributed by atoms with van der Waals surface area (Å²) in [7, 11) is 0. The van der Waals surface area contributed by atoms with Crippen molar-refractivity contribution in [2.75, 3.05) is 0 Å². The molecule has 168 valence electrons. The number of aromatic nitrogens is 1. The van der Waals surface area contributed by atoms with Gasteiger partial charge in [-0.3, -0.25) is 0 Å². The summed E-state index contributed by atoms with van der Waals surface area (Å²) in [5.41, 5.74) is 2.59. The smallest absolute Gasteiger partial charge is 0.333 e. The average Bonchev–Trinajstić information content (AvgIpc) is 3.11. The number of nitrogens with zero attached hydrogens (tertiary/aromatic N) is 1. The molecule has 0 aliphatic heterocycles. The van der Waals surface area contributed by atoms with Gasteiger partial charge in [-0.2, -0.15) is 0 Å². The fourth-order valence-electron chi connectivity index (χ4n) is 4.82. The van der Waals surface area contributed by atoms with Crippen LogP contribution in [0.25, 0.3) is 32.3 Å². The highest BCUT2D eigenvalue weighted by Crippen LogP contribution is 2.38. The van der Waals surface area contributed by atoms with Crippen LogP contribution in [0.1, 0.15) is 37.8 Å². The lowest BCUT2D eigenvalue weighted by molar-refractivity contribution is -0.145. The number of carbonyl (C=O) groups excluding carboxylic acids is 1. The number of carbonyl (C=O) groups is 1. The van der Waals surface area contributed by atoms with Crippen molar-refractivity contribution in [1.29, 1.82) is 0 Å². The lowest BCUT2D eigenvalue weighted by atomic mass is 9.87. The van der Waals surface area contributed by atoms with Gasteiger partial charge < -0.3 is 15.1 Å². The Morgan fingerprint density at radius 2 is 1.36 bits per heavy atom. The summed E-state index contributed by atoms with van der Waals surface area (Å²) in [5.74, 6) is -0.545. The van der Waals surface area contributed by atoms with Crippen LogP contribution in [0.4, 0.5) is 0 Å². The molecule has 0 saturated heterocycles. The second kappa shape index (κ2) is 8.32. The van der Waals surface area contributed by atoms with Gasteiger partial charge in [0.2, 0.25) is 11.8 Å². The molecule has 5 heteroatoms. The molecule has 0 aliphatic carbocycles. The summed E-state index contributed by atoms with van der Waals surface area (Å²) in [6.07, 6.45) is 2.56. The molecule has 2 N–H and O–H groups in total.